The van der Waals surface area contributed by atoms with E-state index in [4.69, 9.17) is 9.15 Å². The van der Waals surface area contributed by atoms with Crippen molar-refractivity contribution < 1.29 is 13.9 Å². The first kappa shape index (κ1) is 12.0. The molecule has 5 heteroatoms. The van der Waals surface area contributed by atoms with E-state index in [9.17, 15) is 9.59 Å². The average Bonchev–Trinajstić information content (AvgIpc) is 2.72. The molecule has 19 heavy (non-hydrogen) atoms. The number of rotatable bonds is 3. The number of aromatic amines is 1. The van der Waals surface area contributed by atoms with Gasteiger partial charge in [-0.1, -0.05) is 12.5 Å². The van der Waals surface area contributed by atoms with Gasteiger partial charge < -0.3 is 9.15 Å². The number of methoxy groups -OCH3 is 1. The number of fused-ring (bicyclic) bond motifs is 1. The first-order valence-corrected chi connectivity index (χ1v) is 6.33. The molecule has 0 amide bonds. The lowest BCUT2D eigenvalue weighted by atomic mass is 9.65. The molecule has 1 aromatic carbocycles. The van der Waals surface area contributed by atoms with E-state index in [2.05, 4.69) is 4.98 Å². The van der Waals surface area contributed by atoms with Crippen LogP contribution in [-0.4, -0.2) is 18.1 Å². The lowest BCUT2D eigenvalue weighted by Gasteiger charge is -2.39. The Balaban J connectivity index is 1.92. The van der Waals surface area contributed by atoms with Crippen LogP contribution in [0.5, 0.6) is 0 Å². The largest absolute Gasteiger partial charge is 0.469 e. The zero-order valence-electron chi connectivity index (χ0n) is 10.7. The van der Waals surface area contributed by atoms with Gasteiger partial charge in [0.05, 0.1) is 18.0 Å². The Bertz CT molecular complexity index is 678. The van der Waals surface area contributed by atoms with Gasteiger partial charge in [-0.05, 0) is 37.0 Å². The second-order valence-corrected chi connectivity index (χ2v) is 5.15. The number of aromatic nitrogens is 1. The Hall–Kier alpha value is -2.04. The monoisotopic (exact) mass is 261 g/mol. The summed E-state index contributed by atoms with van der Waals surface area (Å²) >= 11 is 0. The molecule has 0 atom stereocenters. The Morgan fingerprint density at radius 1 is 1.47 bits per heavy atom. The fourth-order valence-electron chi connectivity index (χ4n) is 2.77. The molecule has 1 N–H and O–H groups in total. The average molecular weight is 261 g/mol. The summed E-state index contributed by atoms with van der Waals surface area (Å²) in [7, 11) is 1.43. The van der Waals surface area contributed by atoms with Gasteiger partial charge in [-0.2, -0.15) is 0 Å². The molecule has 0 bridgehead atoms. The summed E-state index contributed by atoms with van der Waals surface area (Å²) in [4.78, 5) is 25.6. The van der Waals surface area contributed by atoms with Crippen LogP contribution in [0, 0.1) is 5.41 Å². The third-order valence-electron chi connectivity index (χ3n) is 3.95. The number of ether oxygens (including phenoxy) is 1. The molecule has 0 aliphatic heterocycles. The Labute approximate surface area is 109 Å². The number of esters is 1. The zero-order valence-corrected chi connectivity index (χ0v) is 10.7. The molecule has 1 heterocycles. The van der Waals surface area contributed by atoms with Crippen LogP contribution in [0.1, 0.15) is 24.8 Å². The van der Waals surface area contributed by atoms with E-state index in [0.29, 0.717) is 17.5 Å². The van der Waals surface area contributed by atoms with Gasteiger partial charge in [0, 0.05) is 0 Å². The summed E-state index contributed by atoms with van der Waals surface area (Å²) in [6.07, 6.45) is 3.42. The van der Waals surface area contributed by atoms with Crippen molar-refractivity contribution in [3.8, 4) is 0 Å². The van der Waals surface area contributed by atoms with Gasteiger partial charge in [-0.3, -0.25) is 9.78 Å². The van der Waals surface area contributed by atoms with Crippen molar-refractivity contribution in [1.82, 2.24) is 4.98 Å². The second-order valence-electron chi connectivity index (χ2n) is 5.15. The molecule has 0 radical (unpaired) electrons. The number of carbonyl (C=O) groups excluding carboxylic acids is 1. The summed E-state index contributed by atoms with van der Waals surface area (Å²) < 4.78 is 9.87. The number of benzene rings is 1. The van der Waals surface area contributed by atoms with Crippen LogP contribution in [0.3, 0.4) is 0 Å². The predicted octanol–water partition coefficient (Wildman–Crippen LogP) is 2.01. The molecule has 2 aromatic rings. The number of hydrogen-bond acceptors (Lipinski definition) is 4. The highest BCUT2D eigenvalue weighted by Gasteiger charge is 2.45. The van der Waals surface area contributed by atoms with Crippen LogP contribution < -0.4 is 5.76 Å². The first-order valence-electron chi connectivity index (χ1n) is 6.33. The summed E-state index contributed by atoms with van der Waals surface area (Å²) in [6, 6.07) is 5.51. The highest BCUT2D eigenvalue weighted by atomic mass is 16.5. The van der Waals surface area contributed by atoms with E-state index in [0.717, 1.165) is 24.8 Å². The topological polar surface area (TPSA) is 72.3 Å². The minimum atomic E-state index is -0.460. The summed E-state index contributed by atoms with van der Waals surface area (Å²) in [5, 5.41) is 0. The van der Waals surface area contributed by atoms with Gasteiger partial charge >= 0.3 is 11.7 Å². The molecule has 1 aliphatic rings. The van der Waals surface area contributed by atoms with E-state index in [1.165, 1.54) is 7.11 Å². The van der Waals surface area contributed by atoms with Crippen molar-refractivity contribution >= 4 is 17.1 Å². The molecule has 1 saturated carbocycles. The van der Waals surface area contributed by atoms with Gasteiger partial charge in [0.15, 0.2) is 5.58 Å². The molecule has 1 aliphatic carbocycles. The molecule has 0 saturated heterocycles. The fraction of sp³-hybridized carbons (Fsp3) is 0.429. The molecule has 0 unspecified atom stereocenters. The normalized spacial score (nSPS) is 17.1. The minimum absolute atomic E-state index is 0.139. The maximum atomic E-state index is 11.9. The van der Waals surface area contributed by atoms with Crippen molar-refractivity contribution in [2.75, 3.05) is 7.11 Å². The van der Waals surface area contributed by atoms with E-state index in [1.54, 1.807) is 6.07 Å². The maximum Gasteiger partial charge on any atom is 0.417 e. The van der Waals surface area contributed by atoms with Crippen LogP contribution >= 0.6 is 0 Å². The molecule has 0 spiro atoms. The van der Waals surface area contributed by atoms with Crippen LogP contribution in [-0.2, 0) is 16.0 Å². The fourth-order valence-corrected chi connectivity index (χ4v) is 2.77. The van der Waals surface area contributed by atoms with Crippen LogP contribution in [0.25, 0.3) is 11.1 Å². The number of nitrogens with one attached hydrogen (secondary N) is 1. The number of carbonyl (C=O) groups is 1. The van der Waals surface area contributed by atoms with Crippen molar-refractivity contribution in [2.45, 2.75) is 25.7 Å². The predicted molar refractivity (Wildman–Crippen MR) is 68.8 cm³/mol. The number of hydrogen-bond donors (Lipinski definition) is 1. The quantitative estimate of drug-likeness (QED) is 0.858. The standard InChI is InChI=1S/C14H15NO4/c1-18-12(16)14(5-2-6-14)8-9-3-4-11-10(7-9)15-13(17)19-11/h3-4,7H,2,5-6,8H2,1H3,(H,15,17). The van der Waals surface area contributed by atoms with Gasteiger partial charge in [-0.15, -0.1) is 0 Å². The van der Waals surface area contributed by atoms with E-state index < -0.39 is 5.76 Å². The minimum Gasteiger partial charge on any atom is -0.469 e. The third kappa shape index (κ3) is 1.95. The number of oxazole rings is 1. The Morgan fingerprint density at radius 2 is 2.26 bits per heavy atom. The van der Waals surface area contributed by atoms with Gasteiger partial charge in [0.25, 0.3) is 0 Å². The van der Waals surface area contributed by atoms with E-state index in [-0.39, 0.29) is 11.4 Å². The first-order chi connectivity index (χ1) is 9.13. The van der Waals surface area contributed by atoms with E-state index >= 15 is 0 Å². The zero-order chi connectivity index (χ0) is 13.5. The summed E-state index contributed by atoms with van der Waals surface area (Å²) in [5.74, 6) is -0.599. The Kier molecular flexibility index (Phi) is 2.69. The van der Waals surface area contributed by atoms with Crippen LogP contribution in [0.2, 0.25) is 0 Å². The second kappa shape index (κ2) is 4.26. The summed E-state index contributed by atoms with van der Waals surface area (Å²) in [6.45, 7) is 0. The van der Waals surface area contributed by atoms with Crippen molar-refractivity contribution in [3.63, 3.8) is 0 Å². The van der Waals surface area contributed by atoms with Crippen LogP contribution in [0.4, 0.5) is 0 Å². The smallest absolute Gasteiger partial charge is 0.417 e. The molecular formula is C14H15NO4. The maximum absolute atomic E-state index is 11.9. The SMILES string of the molecule is COC(=O)C1(Cc2ccc3oc(=O)[nH]c3c2)CCC1. The lowest BCUT2D eigenvalue weighted by molar-refractivity contribution is -0.158. The molecule has 1 aromatic heterocycles. The van der Waals surface area contributed by atoms with Gasteiger partial charge in [0.1, 0.15) is 0 Å². The van der Waals surface area contributed by atoms with Crippen molar-refractivity contribution in [3.05, 3.63) is 34.3 Å². The van der Waals surface area contributed by atoms with Gasteiger partial charge in [0.2, 0.25) is 0 Å². The van der Waals surface area contributed by atoms with Crippen molar-refractivity contribution in [2.24, 2.45) is 5.41 Å². The molecular weight excluding hydrogens is 246 g/mol. The summed E-state index contributed by atoms with van der Waals surface area (Å²) in [5.41, 5.74) is 1.83. The van der Waals surface area contributed by atoms with Crippen LogP contribution in [0.15, 0.2) is 27.4 Å². The van der Waals surface area contributed by atoms with E-state index in [1.807, 2.05) is 12.1 Å². The lowest BCUT2D eigenvalue weighted by Crippen LogP contribution is -2.40. The number of H-pyrrole nitrogens is 1. The Morgan fingerprint density at radius 3 is 2.89 bits per heavy atom. The molecule has 100 valence electrons. The molecule has 1 fully saturated rings. The highest BCUT2D eigenvalue weighted by molar-refractivity contribution is 5.79. The molecule has 5 nitrogen and oxygen atoms in total. The molecule has 3 rings (SSSR count). The third-order valence-corrected chi connectivity index (χ3v) is 3.95. The highest BCUT2D eigenvalue weighted by Crippen LogP contribution is 2.44. The van der Waals surface area contributed by atoms with Gasteiger partial charge in [-0.25, -0.2) is 4.79 Å². The van der Waals surface area contributed by atoms with Crippen molar-refractivity contribution in [1.29, 1.82) is 0 Å².